The Kier molecular flexibility index (Phi) is 6.55. The largest absolute Gasteiger partial charge is 0.459 e. The quantitative estimate of drug-likeness (QED) is 0.780. The molecule has 0 bridgehead atoms. The maximum atomic E-state index is 12.5. The molecule has 1 aromatic rings. The fourth-order valence-corrected chi connectivity index (χ4v) is 2.53. The number of alkyl carbamates (subject to hydrolysis) is 1. The molecule has 146 valence electrons. The van der Waals surface area contributed by atoms with Crippen molar-refractivity contribution >= 4 is 23.8 Å². The zero-order chi connectivity index (χ0) is 20.0. The Labute approximate surface area is 157 Å². The fraction of sp³-hybridized carbons (Fsp3) is 0.474. The van der Waals surface area contributed by atoms with Crippen LogP contribution in [0.5, 0.6) is 0 Å². The first kappa shape index (κ1) is 20.4. The van der Waals surface area contributed by atoms with E-state index in [0.29, 0.717) is 0 Å². The summed E-state index contributed by atoms with van der Waals surface area (Å²) in [5.41, 5.74) is 0.0867. The second-order valence-electron chi connectivity index (χ2n) is 7.28. The lowest BCUT2D eigenvalue weighted by molar-refractivity contribution is -0.153. The summed E-state index contributed by atoms with van der Waals surface area (Å²) >= 11 is 0. The van der Waals surface area contributed by atoms with Gasteiger partial charge in [0.2, 0.25) is 5.91 Å². The van der Waals surface area contributed by atoms with Crippen LogP contribution in [0.1, 0.15) is 32.8 Å². The predicted octanol–water partition coefficient (Wildman–Crippen LogP) is 1.42. The highest BCUT2D eigenvalue weighted by Gasteiger charge is 2.36. The number of hydrogen-bond donors (Lipinski definition) is 1. The molecule has 1 heterocycles. The van der Waals surface area contributed by atoms with E-state index in [0.717, 1.165) is 10.5 Å². The summed E-state index contributed by atoms with van der Waals surface area (Å²) in [5, 5.41) is 2.39. The average molecular weight is 376 g/mol. The van der Waals surface area contributed by atoms with Crippen LogP contribution in [0.25, 0.3) is 0 Å². The number of carbonyl (C=O) groups excluding carboxylic acids is 4. The maximum absolute atomic E-state index is 12.5. The van der Waals surface area contributed by atoms with E-state index in [-0.39, 0.29) is 31.9 Å². The second-order valence-corrected chi connectivity index (χ2v) is 7.28. The van der Waals surface area contributed by atoms with E-state index in [2.05, 4.69) is 5.32 Å². The summed E-state index contributed by atoms with van der Waals surface area (Å²) < 4.78 is 10.2. The first-order valence-electron chi connectivity index (χ1n) is 8.63. The Bertz CT molecular complexity index is 711. The molecule has 1 saturated heterocycles. The van der Waals surface area contributed by atoms with Gasteiger partial charge in [-0.25, -0.2) is 4.79 Å². The van der Waals surface area contributed by atoms with E-state index in [1.807, 2.05) is 30.3 Å². The summed E-state index contributed by atoms with van der Waals surface area (Å²) in [6.45, 7) is 4.60. The first-order valence-corrected chi connectivity index (χ1v) is 8.63. The molecule has 1 aliphatic heterocycles. The van der Waals surface area contributed by atoms with E-state index in [9.17, 15) is 19.2 Å². The number of esters is 1. The van der Waals surface area contributed by atoms with E-state index < -0.39 is 29.6 Å². The monoisotopic (exact) mass is 376 g/mol. The normalized spacial score (nSPS) is 17.4. The number of nitrogens with zero attached hydrogens (tertiary/aromatic N) is 1. The van der Waals surface area contributed by atoms with Crippen LogP contribution in [0, 0.1) is 0 Å². The molecular weight excluding hydrogens is 352 g/mol. The number of hydrogen-bond acceptors (Lipinski definition) is 6. The van der Waals surface area contributed by atoms with Gasteiger partial charge in [0.05, 0.1) is 6.54 Å². The van der Waals surface area contributed by atoms with Gasteiger partial charge >= 0.3 is 12.1 Å². The molecule has 1 aromatic carbocycles. The second kappa shape index (κ2) is 8.66. The average Bonchev–Trinajstić information content (AvgIpc) is 2.56. The molecule has 8 heteroatoms. The number of benzene rings is 1. The summed E-state index contributed by atoms with van der Waals surface area (Å²) in [5.74, 6) is -1.40. The van der Waals surface area contributed by atoms with E-state index in [1.165, 1.54) is 0 Å². The Morgan fingerprint density at radius 3 is 2.48 bits per heavy atom. The molecule has 1 atom stereocenters. The molecule has 27 heavy (non-hydrogen) atoms. The topological polar surface area (TPSA) is 102 Å². The number of Topliss-reactive ketones (excluding diaryl/α,β-unsaturated/α-hetero) is 1. The van der Waals surface area contributed by atoms with Crippen molar-refractivity contribution < 1.29 is 28.7 Å². The molecule has 1 N–H and O–H groups in total. The van der Waals surface area contributed by atoms with Crippen LogP contribution in [0.2, 0.25) is 0 Å². The lowest BCUT2D eigenvalue weighted by Crippen LogP contribution is -2.56. The van der Waals surface area contributed by atoms with Crippen molar-refractivity contribution in [1.82, 2.24) is 10.2 Å². The molecule has 1 aliphatic rings. The molecule has 0 aliphatic carbocycles. The Balaban J connectivity index is 1.90. The third kappa shape index (κ3) is 6.73. The van der Waals surface area contributed by atoms with Gasteiger partial charge in [-0.15, -0.1) is 0 Å². The molecule has 0 aromatic heterocycles. The van der Waals surface area contributed by atoms with E-state index in [1.54, 1.807) is 20.8 Å². The standard InChI is InChI=1S/C19H24N2O6/c1-19(2,3)27-18(25)20-15-9-14(22)10-21(17(15)24)11-16(23)26-12-13-7-5-4-6-8-13/h4-8,15H,9-12H2,1-3H3,(H,20,25)/t15-/m0/s1. The van der Waals surface area contributed by atoms with Crippen molar-refractivity contribution in [2.45, 2.75) is 45.4 Å². The number of ketones is 1. The molecule has 2 rings (SSSR count). The van der Waals surface area contributed by atoms with Crippen LogP contribution < -0.4 is 5.32 Å². The molecule has 0 radical (unpaired) electrons. The van der Waals surface area contributed by atoms with E-state index in [4.69, 9.17) is 9.47 Å². The van der Waals surface area contributed by atoms with Gasteiger partial charge in [0.25, 0.3) is 0 Å². The molecule has 0 spiro atoms. The Hall–Kier alpha value is -2.90. The van der Waals surface area contributed by atoms with E-state index >= 15 is 0 Å². The van der Waals surface area contributed by atoms with Gasteiger partial charge in [0.1, 0.15) is 24.8 Å². The lowest BCUT2D eigenvalue weighted by atomic mass is 10.0. The van der Waals surface area contributed by atoms with Crippen LogP contribution in [0.3, 0.4) is 0 Å². The number of piperidine rings is 1. The molecule has 8 nitrogen and oxygen atoms in total. The van der Waals surface area contributed by atoms with Gasteiger partial charge in [-0.3, -0.25) is 14.4 Å². The number of nitrogens with one attached hydrogen (secondary N) is 1. The lowest BCUT2D eigenvalue weighted by Gasteiger charge is -2.31. The summed E-state index contributed by atoms with van der Waals surface area (Å²) in [4.78, 5) is 49.4. The highest BCUT2D eigenvalue weighted by molar-refractivity contribution is 5.99. The van der Waals surface area contributed by atoms with Crippen LogP contribution >= 0.6 is 0 Å². The number of amides is 2. The molecular formula is C19H24N2O6. The predicted molar refractivity (Wildman–Crippen MR) is 95.6 cm³/mol. The fourth-order valence-electron chi connectivity index (χ4n) is 2.53. The van der Waals surface area contributed by atoms with Crippen molar-refractivity contribution in [3.05, 3.63) is 35.9 Å². The SMILES string of the molecule is CC(C)(C)OC(=O)N[C@H]1CC(=O)CN(CC(=O)OCc2ccccc2)C1=O. The van der Waals surface area contributed by atoms with Crippen molar-refractivity contribution in [2.75, 3.05) is 13.1 Å². The Morgan fingerprint density at radius 2 is 1.85 bits per heavy atom. The smallest absolute Gasteiger partial charge is 0.408 e. The third-order valence-corrected chi connectivity index (χ3v) is 3.66. The summed E-state index contributed by atoms with van der Waals surface area (Å²) in [6, 6.07) is 8.06. The zero-order valence-electron chi connectivity index (χ0n) is 15.7. The highest BCUT2D eigenvalue weighted by Crippen LogP contribution is 2.12. The third-order valence-electron chi connectivity index (χ3n) is 3.66. The number of rotatable bonds is 5. The summed E-state index contributed by atoms with van der Waals surface area (Å²) in [7, 11) is 0. The Morgan fingerprint density at radius 1 is 1.19 bits per heavy atom. The van der Waals surface area contributed by atoms with Crippen LogP contribution in [-0.4, -0.2) is 53.4 Å². The van der Waals surface area contributed by atoms with Crippen LogP contribution in [-0.2, 0) is 30.5 Å². The first-order chi connectivity index (χ1) is 12.6. The van der Waals surface area contributed by atoms with Gasteiger partial charge in [0.15, 0.2) is 5.78 Å². The minimum atomic E-state index is -1.05. The zero-order valence-corrected chi connectivity index (χ0v) is 15.7. The van der Waals surface area contributed by atoms with Crippen molar-refractivity contribution in [2.24, 2.45) is 0 Å². The van der Waals surface area contributed by atoms with Crippen molar-refractivity contribution in [3.63, 3.8) is 0 Å². The number of carbonyl (C=O) groups is 4. The molecule has 0 saturated carbocycles. The highest BCUT2D eigenvalue weighted by atomic mass is 16.6. The molecule has 2 amide bonds. The summed E-state index contributed by atoms with van der Waals surface area (Å²) in [6.07, 6.45) is -0.921. The molecule has 1 fully saturated rings. The van der Waals surface area contributed by atoms with Gasteiger partial charge in [-0.05, 0) is 26.3 Å². The number of ether oxygens (including phenoxy) is 2. The van der Waals surface area contributed by atoms with Crippen molar-refractivity contribution in [3.8, 4) is 0 Å². The van der Waals surface area contributed by atoms with Crippen LogP contribution in [0.15, 0.2) is 30.3 Å². The van der Waals surface area contributed by atoms with Crippen LogP contribution in [0.4, 0.5) is 4.79 Å². The van der Waals surface area contributed by atoms with Gasteiger partial charge < -0.3 is 19.7 Å². The molecule has 0 unspecified atom stereocenters. The van der Waals surface area contributed by atoms with Gasteiger partial charge in [0, 0.05) is 6.42 Å². The van der Waals surface area contributed by atoms with Gasteiger partial charge in [-0.2, -0.15) is 0 Å². The van der Waals surface area contributed by atoms with Gasteiger partial charge in [-0.1, -0.05) is 30.3 Å². The maximum Gasteiger partial charge on any atom is 0.408 e. The minimum Gasteiger partial charge on any atom is -0.459 e. The number of likely N-dealkylation sites (tertiary alicyclic amines) is 1. The van der Waals surface area contributed by atoms with Crippen molar-refractivity contribution in [1.29, 1.82) is 0 Å². The minimum absolute atomic E-state index is 0.0786.